The molecular formula is C48H60Na4O16S4. The maximum atomic E-state index is 13.0. The predicted molar refractivity (Wildman–Crippen MR) is 249 cm³/mol. The minimum atomic E-state index is -5.25. The van der Waals surface area contributed by atoms with Gasteiger partial charge in [-0.25, -0.2) is 33.7 Å². The van der Waals surface area contributed by atoms with Crippen LogP contribution in [0.4, 0.5) is 0 Å². The predicted octanol–water partition coefficient (Wildman–Crippen LogP) is -4.30. The molecule has 1 aliphatic carbocycles. The van der Waals surface area contributed by atoms with Gasteiger partial charge < -0.3 is 37.2 Å². The summed E-state index contributed by atoms with van der Waals surface area (Å²) in [5.74, 6) is -0.0903. The Morgan fingerprint density at radius 2 is 0.486 bits per heavy atom. The molecule has 1 aliphatic rings. The summed E-state index contributed by atoms with van der Waals surface area (Å²) in [6.07, 6.45) is 0.963. The zero-order chi connectivity index (χ0) is 50.5. The second kappa shape index (κ2) is 29.6. The van der Waals surface area contributed by atoms with Crippen LogP contribution in [-0.2, 0) is 66.2 Å². The molecule has 4 atom stereocenters. The minimum absolute atomic E-state index is 0. The smallest absolute Gasteiger partial charge is 0.744 e. The van der Waals surface area contributed by atoms with E-state index in [9.17, 15) is 51.9 Å². The van der Waals surface area contributed by atoms with E-state index in [0.717, 1.165) is 48.5 Å². The van der Waals surface area contributed by atoms with E-state index >= 15 is 0 Å². The maximum Gasteiger partial charge on any atom is 1.00 e. The van der Waals surface area contributed by atoms with Crippen LogP contribution >= 0.6 is 0 Å². The van der Waals surface area contributed by atoms with Crippen molar-refractivity contribution < 1.29 is 189 Å². The van der Waals surface area contributed by atoms with Crippen LogP contribution in [0, 0.1) is 23.7 Å². The molecule has 5 rings (SSSR count). The van der Waals surface area contributed by atoms with E-state index in [2.05, 4.69) is 0 Å². The molecule has 4 aromatic carbocycles. The Labute approximate surface area is 515 Å². The van der Waals surface area contributed by atoms with Crippen molar-refractivity contribution in [1.29, 1.82) is 0 Å². The molecule has 0 saturated carbocycles. The van der Waals surface area contributed by atoms with Crippen molar-refractivity contribution in [3.63, 3.8) is 0 Å². The summed E-state index contributed by atoms with van der Waals surface area (Å²) in [5, 5.41) is 0. The average molecular weight is 1110 g/mol. The summed E-state index contributed by atoms with van der Waals surface area (Å²) in [6.45, 7) is 15.6. The van der Waals surface area contributed by atoms with Crippen LogP contribution in [0.3, 0.4) is 0 Å². The van der Waals surface area contributed by atoms with Gasteiger partial charge in [-0.3, -0.25) is 0 Å². The summed E-state index contributed by atoms with van der Waals surface area (Å²) in [7, 11) is -21.0. The van der Waals surface area contributed by atoms with E-state index in [1.165, 1.54) is 0 Å². The second-order valence-corrected chi connectivity index (χ2v) is 23.6. The van der Waals surface area contributed by atoms with Crippen LogP contribution in [-0.4, -0.2) is 78.3 Å². The summed E-state index contributed by atoms with van der Waals surface area (Å²) >= 11 is 0. The molecule has 0 fully saturated rings. The molecule has 0 radical (unpaired) electrons. The van der Waals surface area contributed by atoms with Crippen LogP contribution in [0.25, 0.3) is 0 Å². The van der Waals surface area contributed by atoms with E-state index in [1.807, 2.05) is 55.4 Å². The van der Waals surface area contributed by atoms with E-state index in [-0.39, 0.29) is 236 Å². The average Bonchev–Trinajstić information content (AvgIpc) is 3.25. The Kier molecular flexibility index (Phi) is 28.7. The first kappa shape index (κ1) is 69.7. The largest absolute Gasteiger partial charge is 1.00 e. The van der Waals surface area contributed by atoms with Gasteiger partial charge in [0, 0.05) is 70.2 Å². The molecule has 0 spiro atoms. The Morgan fingerprint density at radius 1 is 0.347 bits per heavy atom. The summed E-state index contributed by atoms with van der Waals surface area (Å²) < 4.78 is 182. The quantitative estimate of drug-likeness (QED) is 0.0527. The first-order chi connectivity index (χ1) is 31.7. The van der Waals surface area contributed by atoms with E-state index in [0.29, 0.717) is 25.7 Å². The van der Waals surface area contributed by atoms with E-state index in [1.54, 1.807) is 0 Å². The van der Waals surface area contributed by atoms with Crippen molar-refractivity contribution in [3.8, 4) is 23.0 Å². The molecule has 4 aromatic rings. The standard InChI is InChI=1S/C48H64O16S4.4Na/c1-9-29(5)25-61-45-33-13-35-19-42(66(52,53)54)21-37(46(35)62-26-30(6)10-2)15-39-23-44(68(58,59)60)24-40(48(39)64-28-32(8)12-4)16-38-22-43(67(55,56)57)20-36(47(38)63-27-31(7)11-3)14-34(45)18-41(17-33)65(49,50)51;;;;/h17-24,29-32H,9-16,25-28H2,1-8H3,(H,49,50,51)(H,52,53,54)(H,55,56,57)(H,58,59,60);;;;/q;4*+1/p-4. The minimum Gasteiger partial charge on any atom is -0.744 e. The second-order valence-electron chi connectivity index (χ2n) is 18.1. The van der Waals surface area contributed by atoms with Gasteiger partial charge in [-0.2, -0.15) is 0 Å². The van der Waals surface area contributed by atoms with Crippen molar-refractivity contribution >= 4 is 40.5 Å². The van der Waals surface area contributed by atoms with Crippen molar-refractivity contribution in [1.82, 2.24) is 0 Å². The Balaban J connectivity index is 0.00000648. The molecule has 72 heavy (non-hydrogen) atoms. The molecule has 16 nitrogen and oxygen atoms in total. The zero-order valence-corrected chi connectivity index (χ0v) is 54.8. The van der Waals surface area contributed by atoms with Gasteiger partial charge in [0.05, 0.1) is 46.0 Å². The van der Waals surface area contributed by atoms with Crippen LogP contribution < -0.4 is 137 Å². The molecule has 0 amide bonds. The van der Waals surface area contributed by atoms with E-state index < -0.39 is 85.7 Å². The molecule has 0 aliphatic heterocycles. The van der Waals surface area contributed by atoms with Crippen LogP contribution in [0.5, 0.6) is 23.0 Å². The number of hydrogen-bond acceptors (Lipinski definition) is 16. The summed E-state index contributed by atoms with van der Waals surface area (Å²) in [6, 6.07) is 8.65. The first-order valence-corrected chi connectivity index (χ1v) is 28.3. The van der Waals surface area contributed by atoms with Crippen molar-refractivity contribution in [2.75, 3.05) is 26.4 Å². The van der Waals surface area contributed by atoms with Crippen molar-refractivity contribution in [2.24, 2.45) is 23.7 Å². The fourth-order valence-electron chi connectivity index (χ4n) is 7.45. The van der Waals surface area contributed by atoms with Crippen LogP contribution in [0.15, 0.2) is 68.1 Å². The van der Waals surface area contributed by atoms with Gasteiger partial charge in [0.1, 0.15) is 63.5 Å². The normalized spacial score (nSPS) is 14.4. The SMILES string of the molecule is CCC(C)COc1c2cc(S(=O)(=O)[O-])cc1Cc1cc(S(=O)(=O)[O-])cc(c1OCC(C)CC)Cc1cc(S(=O)(=O)[O-])cc(c1OCC(C)CC)Cc1cc(S(=O)(=O)[O-])cc(c1OCC(C)CC)C2.[Na+].[Na+].[Na+].[Na+]. The Hall–Kier alpha value is -0.280. The monoisotopic (exact) mass is 1110 g/mol. The summed E-state index contributed by atoms with van der Waals surface area (Å²) in [4.78, 5) is -2.86. The molecule has 0 N–H and O–H groups in total. The van der Waals surface area contributed by atoms with Crippen LogP contribution in [0.1, 0.15) is 126 Å². The fourth-order valence-corrected chi connectivity index (χ4v) is 9.75. The third-order valence-corrected chi connectivity index (χ3v) is 15.6. The topological polar surface area (TPSA) is 266 Å². The first-order valence-electron chi connectivity index (χ1n) is 22.6. The maximum absolute atomic E-state index is 13.0. The Bertz CT molecular complexity index is 2460. The molecule has 376 valence electrons. The number of fused-ring (bicyclic) bond motifs is 8. The van der Waals surface area contributed by atoms with Gasteiger partial charge in [0.15, 0.2) is 0 Å². The van der Waals surface area contributed by atoms with Gasteiger partial charge in [-0.1, -0.05) is 81.1 Å². The van der Waals surface area contributed by atoms with Gasteiger partial charge in [-0.15, -0.1) is 0 Å². The molecule has 4 unspecified atom stereocenters. The zero-order valence-electron chi connectivity index (χ0n) is 43.6. The van der Waals surface area contributed by atoms with Gasteiger partial charge in [0.25, 0.3) is 0 Å². The number of ether oxygens (including phenoxy) is 4. The Morgan fingerprint density at radius 3 is 0.597 bits per heavy atom. The van der Waals surface area contributed by atoms with Gasteiger partial charge >= 0.3 is 118 Å². The molecular weight excluding hydrogens is 1050 g/mol. The molecule has 0 heterocycles. The molecule has 0 saturated heterocycles. The van der Waals surface area contributed by atoms with Gasteiger partial charge in [-0.05, 0) is 72.2 Å². The third-order valence-electron chi connectivity index (χ3n) is 12.4. The van der Waals surface area contributed by atoms with E-state index in [4.69, 9.17) is 18.9 Å². The van der Waals surface area contributed by atoms with Crippen LogP contribution in [0.2, 0.25) is 0 Å². The fraction of sp³-hybridized carbons (Fsp3) is 0.500. The molecule has 0 aromatic heterocycles. The molecule has 8 bridgehead atoms. The molecule has 24 heteroatoms. The third kappa shape index (κ3) is 19.0. The number of benzene rings is 4. The number of rotatable bonds is 20. The van der Waals surface area contributed by atoms with Crippen molar-refractivity contribution in [2.45, 2.75) is 126 Å². The van der Waals surface area contributed by atoms with Gasteiger partial charge in [0.2, 0.25) is 0 Å². The number of hydrogen-bond donors (Lipinski definition) is 0. The summed E-state index contributed by atoms with van der Waals surface area (Å²) in [5.41, 5.74) is 0.343. The van der Waals surface area contributed by atoms with Crippen molar-refractivity contribution in [3.05, 3.63) is 93.0 Å².